The maximum Gasteiger partial charge on any atom is 0.414 e. The molecular formula is C32H33F2N5O6S. The molecule has 5 heterocycles. The van der Waals surface area contributed by atoms with Crippen LogP contribution >= 0.6 is 11.8 Å². The van der Waals surface area contributed by atoms with Gasteiger partial charge in [-0.1, -0.05) is 18.7 Å². The number of hydrogen-bond donors (Lipinski definition) is 2. The fourth-order valence-corrected chi connectivity index (χ4v) is 7.41. The number of fused-ring (bicyclic) bond motifs is 6. The van der Waals surface area contributed by atoms with Crippen LogP contribution in [-0.2, 0) is 22.7 Å². The van der Waals surface area contributed by atoms with Crippen LogP contribution in [0.5, 0.6) is 0 Å². The molecule has 2 aromatic carbocycles. The van der Waals surface area contributed by atoms with Gasteiger partial charge in [0.15, 0.2) is 11.0 Å². The van der Waals surface area contributed by atoms with Crippen molar-refractivity contribution in [2.45, 2.75) is 76.6 Å². The number of benzene rings is 2. The predicted octanol–water partition coefficient (Wildman–Crippen LogP) is 7.14. The molecule has 242 valence electrons. The summed E-state index contributed by atoms with van der Waals surface area (Å²) in [5, 5.41) is 13.4. The molecule has 2 unspecified atom stereocenters. The molecule has 2 N–H and O–H groups in total. The molecule has 0 radical (unpaired) electrons. The summed E-state index contributed by atoms with van der Waals surface area (Å²) >= 11 is 1.37. The van der Waals surface area contributed by atoms with Gasteiger partial charge in [0.05, 0.1) is 18.6 Å². The molecule has 11 nitrogen and oxygen atoms in total. The lowest BCUT2D eigenvalue weighted by atomic mass is 9.91. The highest BCUT2D eigenvalue weighted by atomic mass is 32.2. The summed E-state index contributed by atoms with van der Waals surface area (Å²) < 4.78 is 50.0. The number of furan rings is 1. The Balaban J connectivity index is 1.41. The molecule has 14 heteroatoms. The van der Waals surface area contributed by atoms with Crippen molar-refractivity contribution in [2.75, 3.05) is 29.1 Å². The number of aromatic nitrogens is 2. The number of ether oxygens (including phenoxy) is 2. The van der Waals surface area contributed by atoms with E-state index < -0.39 is 29.4 Å². The SMILES string of the molecule is CCSc1nc(N2C3CCC2CN(C(=O)O)C3)c2c3c(c(-c4c(F)ccc5oc(NC(=O)OC(C)(C)C)cc45)c(F)c2n1)COC3. The summed E-state index contributed by atoms with van der Waals surface area (Å²) in [7, 11) is 0. The second-order valence-corrected chi connectivity index (χ2v) is 13.9. The first-order valence-electron chi connectivity index (χ1n) is 15.2. The highest BCUT2D eigenvalue weighted by Crippen LogP contribution is 2.47. The van der Waals surface area contributed by atoms with Crippen molar-refractivity contribution in [3.8, 4) is 11.1 Å². The minimum Gasteiger partial charge on any atom is -0.465 e. The van der Waals surface area contributed by atoms with Gasteiger partial charge < -0.3 is 28.8 Å². The van der Waals surface area contributed by atoms with E-state index in [2.05, 4.69) is 15.2 Å². The van der Waals surface area contributed by atoms with Gasteiger partial charge in [-0.15, -0.1) is 0 Å². The van der Waals surface area contributed by atoms with Gasteiger partial charge in [0, 0.05) is 47.8 Å². The van der Waals surface area contributed by atoms with Crippen molar-refractivity contribution in [3.63, 3.8) is 0 Å². The van der Waals surface area contributed by atoms with Crippen LogP contribution in [0.2, 0.25) is 0 Å². The lowest BCUT2D eigenvalue weighted by molar-refractivity contribution is 0.0632. The topological polar surface area (TPSA) is 130 Å². The van der Waals surface area contributed by atoms with E-state index >= 15 is 8.78 Å². The average molecular weight is 654 g/mol. The number of amides is 2. The van der Waals surface area contributed by atoms with E-state index in [0.29, 0.717) is 46.3 Å². The predicted molar refractivity (Wildman–Crippen MR) is 168 cm³/mol. The highest BCUT2D eigenvalue weighted by molar-refractivity contribution is 7.99. The number of thioether (sulfide) groups is 1. The number of piperazine rings is 1. The number of carboxylic acid groups (broad SMARTS) is 1. The van der Waals surface area contributed by atoms with Crippen LogP contribution < -0.4 is 10.2 Å². The number of carbonyl (C=O) groups excluding carboxylic acids is 1. The zero-order valence-electron chi connectivity index (χ0n) is 25.8. The van der Waals surface area contributed by atoms with Crippen molar-refractivity contribution < 1.29 is 37.4 Å². The van der Waals surface area contributed by atoms with Crippen molar-refractivity contribution in [1.29, 1.82) is 0 Å². The molecule has 46 heavy (non-hydrogen) atoms. The number of carbonyl (C=O) groups is 2. The molecule has 0 spiro atoms. The number of anilines is 2. The molecule has 4 aromatic rings. The van der Waals surface area contributed by atoms with E-state index in [9.17, 15) is 14.7 Å². The number of halogens is 2. The first-order chi connectivity index (χ1) is 21.9. The van der Waals surface area contributed by atoms with Gasteiger partial charge in [-0.2, -0.15) is 0 Å². The summed E-state index contributed by atoms with van der Waals surface area (Å²) in [5.41, 5.74) is 0.683. The van der Waals surface area contributed by atoms with Gasteiger partial charge >= 0.3 is 12.2 Å². The number of likely N-dealkylation sites (tertiary alicyclic amines) is 1. The standard InChI is InChI=1S/C32H33F2N5O6S/c1-5-46-29-36-27-25(28(37-29)39-15-6-7-16(39)12-38(11-15)31(41)42)19-14-43-13-18(19)24(26(27)34)23-17-10-22(35-30(40)45-32(2,3)4)44-21(17)9-8-20(23)33/h8-10,15-16H,5-7,11-14H2,1-4H3,(H,35,40)(H,41,42). The summed E-state index contributed by atoms with van der Waals surface area (Å²) in [6.07, 6.45) is -0.148. The third-order valence-electron chi connectivity index (χ3n) is 8.55. The molecule has 7 rings (SSSR count). The first kappa shape index (κ1) is 30.5. The maximum absolute atomic E-state index is 17.1. The molecule has 3 aliphatic heterocycles. The summed E-state index contributed by atoms with van der Waals surface area (Å²) in [6, 6.07) is 3.83. The van der Waals surface area contributed by atoms with Gasteiger partial charge in [0.25, 0.3) is 0 Å². The number of nitrogens with one attached hydrogen (secondary N) is 1. The zero-order chi connectivity index (χ0) is 32.5. The minimum atomic E-state index is -0.962. The second-order valence-electron chi connectivity index (χ2n) is 12.7. The molecular weight excluding hydrogens is 620 g/mol. The molecule has 0 aliphatic carbocycles. The molecule has 2 aromatic heterocycles. The Morgan fingerprint density at radius 3 is 2.50 bits per heavy atom. The van der Waals surface area contributed by atoms with E-state index in [1.165, 1.54) is 34.9 Å². The molecule has 2 bridgehead atoms. The lowest BCUT2D eigenvalue weighted by Gasteiger charge is -2.41. The summed E-state index contributed by atoms with van der Waals surface area (Å²) in [4.78, 5) is 37.4. The third kappa shape index (κ3) is 5.16. The Bertz CT molecular complexity index is 1900. The van der Waals surface area contributed by atoms with Gasteiger partial charge in [0.2, 0.25) is 5.88 Å². The third-order valence-corrected chi connectivity index (χ3v) is 9.28. The van der Waals surface area contributed by atoms with Gasteiger partial charge in [-0.3, -0.25) is 5.32 Å². The highest BCUT2D eigenvalue weighted by Gasteiger charge is 2.44. The number of nitrogens with zero attached hydrogens (tertiary/aromatic N) is 4. The zero-order valence-corrected chi connectivity index (χ0v) is 26.6. The fourth-order valence-electron chi connectivity index (χ4n) is 6.84. The smallest absolute Gasteiger partial charge is 0.414 e. The van der Waals surface area contributed by atoms with Crippen LogP contribution in [0.25, 0.3) is 33.0 Å². The summed E-state index contributed by atoms with van der Waals surface area (Å²) in [6.45, 7) is 7.95. The van der Waals surface area contributed by atoms with E-state index in [4.69, 9.17) is 18.9 Å². The number of rotatable bonds is 5. The molecule has 0 saturated carbocycles. The molecule has 3 aliphatic rings. The van der Waals surface area contributed by atoms with Crippen molar-refractivity contribution >= 4 is 57.5 Å². The maximum atomic E-state index is 17.1. The van der Waals surface area contributed by atoms with Crippen LogP contribution in [0.4, 0.5) is 30.1 Å². The Labute approximate surface area is 267 Å². The second kappa shape index (κ2) is 11.3. The lowest BCUT2D eigenvalue weighted by Crippen LogP contribution is -2.55. The van der Waals surface area contributed by atoms with Crippen LogP contribution in [0.1, 0.15) is 51.7 Å². The van der Waals surface area contributed by atoms with Crippen molar-refractivity contribution in [2.24, 2.45) is 0 Å². The van der Waals surface area contributed by atoms with Crippen LogP contribution in [-0.4, -0.2) is 68.7 Å². The molecule has 2 fully saturated rings. The van der Waals surface area contributed by atoms with Crippen LogP contribution in [0.15, 0.2) is 27.8 Å². The van der Waals surface area contributed by atoms with Gasteiger partial charge in [0.1, 0.15) is 28.3 Å². The van der Waals surface area contributed by atoms with E-state index in [1.54, 1.807) is 20.8 Å². The Kier molecular flexibility index (Phi) is 7.46. The molecule has 2 saturated heterocycles. The molecule has 2 atom stereocenters. The number of hydrogen-bond acceptors (Lipinski definition) is 9. The quantitative estimate of drug-likeness (QED) is 0.169. The monoisotopic (exact) mass is 653 g/mol. The fraction of sp³-hybridized carbons (Fsp3) is 0.438. The van der Waals surface area contributed by atoms with Crippen LogP contribution in [0.3, 0.4) is 0 Å². The summed E-state index contributed by atoms with van der Waals surface area (Å²) in [5.74, 6) is -0.177. The Hall–Kier alpha value is -4.17. The first-order valence-corrected chi connectivity index (χ1v) is 16.2. The average Bonchev–Trinajstić information content (AvgIpc) is 3.68. The Morgan fingerprint density at radius 1 is 1.11 bits per heavy atom. The van der Waals surface area contributed by atoms with Crippen LogP contribution in [0, 0.1) is 11.6 Å². The van der Waals surface area contributed by atoms with Gasteiger partial charge in [-0.05, 0) is 62.6 Å². The van der Waals surface area contributed by atoms with E-state index in [1.807, 2.05) is 6.92 Å². The van der Waals surface area contributed by atoms with Gasteiger partial charge in [-0.25, -0.2) is 28.3 Å². The Morgan fingerprint density at radius 2 is 1.83 bits per heavy atom. The minimum absolute atomic E-state index is 0.0171. The van der Waals surface area contributed by atoms with Crippen molar-refractivity contribution in [1.82, 2.24) is 14.9 Å². The van der Waals surface area contributed by atoms with Crippen molar-refractivity contribution in [3.05, 3.63) is 41.0 Å². The largest absolute Gasteiger partial charge is 0.465 e. The molecule has 2 amide bonds. The van der Waals surface area contributed by atoms with E-state index in [-0.39, 0.29) is 58.8 Å². The van der Waals surface area contributed by atoms with E-state index in [0.717, 1.165) is 12.8 Å². The normalized spacial score (nSPS) is 19.3.